The molecule has 164 valence electrons. The van der Waals surface area contributed by atoms with Crippen LogP contribution in [0.5, 0.6) is 0 Å². The average Bonchev–Trinajstić information content (AvgIpc) is 3.17. The number of carbonyl (C=O) groups excluding carboxylic acids is 1. The summed E-state index contributed by atoms with van der Waals surface area (Å²) in [4.78, 5) is 13.9. The van der Waals surface area contributed by atoms with Crippen LogP contribution in [0, 0.1) is 46.3 Å². The average molecular weight is 411 g/mol. The van der Waals surface area contributed by atoms with Crippen molar-refractivity contribution in [2.45, 2.75) is 84.5 Å². The number of Topliss-reactive ketones (excluding diaryl/α,β-unsaturated/α-hetero) is 1. The van der Waals surface area contributed by atoms with Crippen molar-refractivity contribution in [1.82, 2.24) is 0 Å². The normalized spacial score (nSPS) is 56.9. The second kappa shape index (κ2) is 6.32. The van der Waals surface area contributed by atoms with Crippen molar-refractivity contribution in [3.8, 4) is 0 Å². The van der Waals surface area contributed by atoms with Crippen LogP contribution < -0.4 is 0 Å². The molecule has 0 N–H and O–H groups in total. The summed E-state index contributed by atoms with van der Waals surface area (Å²) in [5.41, 5.74) is 1.44. The molecule has 0 aromatic rings. The van der Waals surface area contributed by atoms with Crippen LogP contribution in [0.1, 0.15) is 72.6 Å². The summed E-state index contributed by atoms with van der Waals surface area (Å²) >= 11 is 0. The summed E-state index contributed by atoms with van der Waals surface area (Å²) in [5.74, 6) is 2.90. The minimum atomic E-state index is -0.438. The highest BCUT2D eigenvalue weighted by Gasteiger charge is 2.71. The third-order valence-corrected chi connectivity index (χ3v) is 10.8. The Morgan fingerprint density at radius 1 is 1.13 bits per heavy atom. The van der Waals surface area contributed by atoms with Crippen molar-refractivity contribution >= 4 is 5.78 Å². The second-order valence-corrected chi connectivity index (χ2v) is 12.0. The van der Waals surface area contributed by atoms with Gasteiger partial charge in [-0.2, -0.15) is 0 Å². The predicted octanol–water partition coefficient (Wildman–Crippen LogP) is 5.70. The van der Waals surface area contributed by atoms with E-state index in [9.17, 15) is 4.79 Å². The number of hydrogen-bond donors (Lipinski definition) is 0. The Morgan fingerprint density at radius 3 is 2.73 bits per heavy atom. The van der Waals surface area contributed by atoms with Crippen LogP contribution in [0.3, 0.4) is 0 Å². The minimum Gasteiger partial charge on any atom is -0.349 e. The van der Waals surface area contributed by atoms with Gasteiger partial charge in [-0.3, -0.25) is 4.79 Å². The largest absolute Gasteiger partial charge is 0.349 e. The molecule has 1 spiro atoms. The van der Waals surface area contributed by atoms with Gasteiger partial charge in [-0.1, -0.05) is 45.9 Å². The molecule has 0 aromatic heterocycles. The van der Waals surface area contributed by atoms with Crippen LogP contribution in [0.4, 0.5) is 0 Å². The highest BCUT2D eigenvalue weighted by Crippen LogP contribution is 2.69. The number of ether oxygens (including phenoxy) is 2. The van der Waals surface area contributed by atoms with Crippen molar-refractivity contribution in [3.05, 3.63) is 23.8 Å². The van der Waals surface area contributed by atoms with Crippen LogP contribution in [-0.4, -0.2) is 24.3 Å². The summed E-state index contributed by atoms with van der Waals surface area (Å²) in [6.07, 6.45) is 14.8. The zero-order valence-corrected chi connectivity index (χ0v) is 19.2. The smallest absolute Gasteiger partial charge is 0.171 e. The molecule has 0 aromatic carbocycles. The van der Waals surface area contributed by atoms with Crippen molar-refractivity contribution in [2.75, 3.05) is 6.61 Å². The molecular weight excluding hydrogens is 372 g/mol. The molecule has 2 saturated carbocycles. The van der Waals surface area contributed by atoms with Crippen LogP contribution in [0.2, 0.25) is 0 Å². The Hall–Kier alpha value is -0.930. The van der Waals surface area contributed by atoms with E-state index < -0.39 is 5.79 Å². The lowest BCUT2D eigenvalue weighted by Crippen LogP contribution is -2.55. The van der Waals surface area contributed by atoms with Crippen molar-refractivity contribution in [1.29, 1.82) is 0 Å². The Labute approximate surface area is 181 Å². The summed E-state index contributed by atoms with van der Waals surface area (Å²) in [6, 6.07) is 0. The Morgan fingerprint density at radius 2 is 1.97 bits per heavy atom. The maximum Gasteiger partial charge on any atom is 0.171 e. The molecule has 0 bridgehead atoms. The van der Waals surface area contributed by atoms with E-state index in [0.717, 1.165) is 38.7 Å². The lowest BCUT2D eigenvalue weighted by molar-refractivity contribution is -0.272. The quantitative estimate of drug-likeness (QED) is 0.514. The molecule has 10 atom stereocenters. The molecule has 3 heteroatoms. The number of allylic oxidation sites excluding steroid dienone is 4. The maximum atomic E-state index is 13.9. The number of rotatable bonds is 0. The van der Waals surface area contributed by atoms with Crippen LogP contribution in [0.25, 0.3) is 0 Å². The first-order valence-electron chi connectivity index (χ1n) is 12.5. The zero-order chi connectivity index (χ0) is 20.9. The monoisotopic (exact) mass is 410 g/mol. The highest BCUT2D eigenvalue weighted by atomic mass is 16.7. The van der Waals surface area contributed by atoms with Crippen molar-refractivity contribution in [2.24, 2.45) is 46.3 Å². The van der Waals surface area contributed by atoms with E-state index in [0.29, 0.717) is 41.3 Å². The number of hydrogen-bond acceptors (Lipinski definition) is 3. The second-order valence-electron chi connectivity index (χ2n) is 12.0. The highest BCUT2D eigenvalue weighted by molar-refractivity contribution is 5.87. The van der Waals surface area contributed by atoms with Gasteiger partial charge in [-0.15, -0.1) is 0 Å². The minimum absolute atomic E-state index is 0.183. The van der Waals surface area contributed by atoms with Gasteiger partial charge in [0.1, 0.15) is 5.78 Å². The standard InChI is InChI=1S/C27H38O3/c1-16-10-12-27(29-15-16)17(2)24-22(30-27)13-21-19-9-8-18-7-5-6-11-25(18,3)20(19)14-23(28)26(21,24)4/h5,7-8,16-17,19-22,24H,6,9-15H2,1-4H3/t16?,17-,19+,20-,21-,22-,24-,25-,26+,27+/m0/s1. The lowest BCUT2D eigenvalue weighted by Gasteiger charge is -2.56. The van der Waals surface area contributed by atoms with E-state index in [2.05, 4.69) is 45.9 Å². The van der Waals surface area contributed by atoms with Gasteiger partial charge < -0.3 is 9.47 Å². The fraction of sp³-hybridized carbons (Fsp3) is 0.815. The van der Waals surface area contributed by atoms with Gasteiger partial charge >= 0.3 is 0 Å². The Balaban J connectivity index is 1.34. The van der Waals surface area contributed by atoms with Gasteiger partial charge in [0, 0.05) is 30.1 Å². The molecule has 4 aliphatic carbocycles. The Bertz CT molecular complexity index is 818. The summed E-state index contributed by atoms with van der Waals surface area (Å²) in [7, 11) is 0. The van der Waals surface area contributed by atoms with Crippen molar-refractivity contribution < 1.29 is 14.3 Å². The molecule has 2 saturated heterocycles. The molecule has 3 nitrogen and oxygen atoms in total. The predicted molar refractivity (Wildman–Crippen MR) is 117 cm³/mol. The van der Waals surface area contributed by atoms with Gasteiger partial charge in [0.25, 0.3) is 0 Å². The number of fused-ring (bicyclic) bond motifs is 7. The fourth-order valence-electron chi connectivity index (χ4n) is 9.00. The summed E-state index contributed by atoms with van der Waals surface area (Å²) in [6.45, 7) is 10.1. The van der Waals surface area contributed by atoms with E-state index in [1.807, 2.05) is 0 Å². The van der Waals surface area contributed by atoms with E-state index in [4.69, 9.17) is 9.47 Å². The zero-order valence-electron chi connectivity index (χ0n) is 19.2. The van der Waals surface area contributed by atoms with Crippen LogP contribution in [-0.2, 0) is 14.3 Å². The topological polar surface area (TPSA) is 35.5 Å². The summed E-state index contributed by atoms with van der Waals surface area (Å²) < 4.78 is 13.2. The molecule has 2 aliphatic heterocycles. The van der Waals surface area contributed by atoms with Gasteiger partial charge in [0.2, 0.25) is 0 Å². The molecule has 0 radical (unpaired) electrons. The first-order valence-corrected chi connectivity index (χ1v) is 12.5. The summed E-state index contributed by atoms with van der Waals surface area (Å²) in [5, 5.41) is 0. The number of carbonyl (C=O) groups is 1. The molecule has 30 heavy (non-hydrogen) atoms. The fourth-order valence-corrected chi connectivity index (χ4v) is 9.00. The third-order valence-electron chi connectivity index (χ3n) is 10.8. The first kappa shape index (κ1) is 19.7. The lowest BCUT2D eigenvalue weighted by atomic mass is 9.47. The van der Waals surface area contributed by atoms with E-state index in [1.54, 1.807) is 0 Å². The van der Waals surface area contributed by atoms with E-state index in [1.165, 1.54) is 18.4 Å². The van der Waals surface area contributed by atoms with Crippen molar-refractivity contribution in [3.63, 3.8) is 0 Å². The first-order chi connectivity index (χ1) is 14.3. The number of ketones is 1. The van der Waals surface area contributed by atoms with Gasteiger partial charge in [-0.25, -0.2) is 0 Å². The molecule has 1 unspecified atom stereocenters. The van der Waals surface area contributed by atoms with E-state index >= 15 is 0 Å². The van der Waals surface area contributed by atoms with E-state index in [-0.39, 0.29) is 16.9 Å². The van der Waals surface area contributed by atoms with Crippen LogP contribution >= 0.6 is 0 Å². The van der Waals surface area contributed by atoms with Gasteiger partial charge in [-0.05, 0) is 66.8 Å². The SMILES string of the molecule is CC1CC[C@@]2(OC1)O[C@H]1C[C@H]3[C@@H]4CC=C5C=CCC[C@]5(C)[C@H]4CC(=O)[C@]3(C)[C@H]1[C@@H]2C. The molecule has 6 aliphatic rings. The van der Waals surface area contributed by atoms with Gasteiger partial charge in [0.15, 0.2) is 5.79 Å². The molecule has 4 fully saturated rings. The maximum absolute atomic E-state index is 13.9. The molecule has 0 amide bonds. The molecule has 6 rings (SSSR count). The molecule has 2 heterocycles. The third kappa shape index (κ3) is 2.32. The van der Waals surface area contributed by atoms with Gasteiger partial charge in [0.05, 0.1) is 12.7 Å². The molecular formula is C27H38O3. The van der Waals surface area contributed by atoms with Crippen LogP contribution in [0.15, 0.2) is 23.8 Å². The Kier molecular flexibility index (Phi) is 4.15.